The van der Waals surface area contributed by atoms with E-state index in [2.05, 4.69) is 31.9 Å². The first-order valence-electron chi connectivity index (χ1n) is 18.5. The van der Waals surface area contributed by atoms with Gasteiger partial charge in [-0.05, 0) is 97.1 Å². The number of benzene rings is 6. The van der Waals surface area contributed by atoms with Crippen LogP contribution in [-0.4, -0.2) is 66.1 Å². The number of ketones is 3. The summed E-state index contributed by atoms with van der Waals surface area (Å²) in [5, 5.41) is 0. The Balaban J connectivity index is 0.914. The lowest BCUT2D eigenvalue weighted by molar-refractivity contribution is 0.0472. The number of ether oxygens (including phenoxy) is 2. The molecule has 0 saturated carbocycles. The van der Waals surface area contributed by atoms with Gasteiger partial charge >= 0.3 is 11.9 Å². The van der Waals surface area contributed by atoms with E-state index in [9.17, 15) is 43.2 Å². The number of hydrogen-bond acceptors (Lipinski definition) is 11. The van der Waals surface area contributed by atoms with E-state index in [0.29, 0.717) is 11.1 Å². The number of anilines is 2. The fourth-order valence-corrected chi connectivity index (χ4v) is 7.29. The maximum Gasteiger partial charge on any atom is 0.338 e. The minimum absolute atomic E-state index is 0.0390. The van der Waals surface area contributed by atoms with Gasteiger partial charge in [0.15, 0.2) is 30.6 Å². The molecule has 13 nitrogen and oxygen atoms in total. The van der Waals surface area contributed by atoms with Crippen molar-refractivity contribution in [2.45, 2.75) is 0 Å². The van der Waals surface area contributed by atoms with Gasteiger partial charge in [-0.2, -0.15) is 0 Å². The molecule has 15 heteroatoms. The van der Waals surface area contributed by atoms with Crippen molar-refractivity contribution >= 4 is 96.2 Å². The summed E-state index contributed by atoms with van der Waals surface area (Å²) >= 11 is 6.59. The Hall–Kier alpha value is -7.49. The van der Waals surface area contributed by atoms with Crippen molar-refractivity contribution in [1.82, 2.24) is 0 Å². The van der Waals surface area contributed by atoms with Gasteiger partial charge in [-0.3, -0.25) is 33.6 Å². The van der Waals surface area contributed by atoms with Gasteiger partial charge in [0.1, 0.15) is 0 Å². The smallest absolute Gasteiger partial charge is 0.338 e. The minimum Gasteiger partial charge on any atom is -0.454 e. The van der Waals surface area contributed by atoms with Crippen molar-refractivity contribution in [3.05, 3.63) is 198 Å². The monoisotopic (exact) mass is 952 g/mol. The second-order valence-electron chi connectivity index (χ2n) is 13.8. The average molecular weight is 955 g/mol. The van der Waals surface area contributed by atoms with E-state index >= 15 is 0 Å². The molecule has 0 aromatic heterocycles. The summed E-state index contributed by atoms with van der Waals surface area (Å²) < 4.78 is 11.9. The third-order valence-electron chi connectivity index (χ3n) is 10.0. The second kappa shape index (κ2) is 16.9. The SMILES string of the molecule is O=C(COC(=O)c1ccc(N2C(=O)c3ccc(C(=O)c4ccc5c(c4)C(=O)N(c4ccc(C(=O)OCC(=O)c6ccc(Br)cc6)cc4)C5=O)cc3C2=O)cc1)c1ccc(Br)cc1. The van der Waals surface area contributed by atoms with E-state index in [1.807, 2.05) is 0 Å². The number of Topliss-reactive ketones (excluding diaryl/α,β-unsaturated/α-hetero) is 2. The highest BCUT2D eigenvalue weighted by atomic mass is 79.9. The van der Waals surface area contributed by atoms with Crippen LogP contribution < -0.4 is 9.80 Å². The molecule has 2 aliphatic heterocycles. The fraction of sp³-hybridized carbons (Fsp3) is 0.0426. The van der Waals surface area contributed by atoms with Crippen molar-refractivity contribution in [3.63, 3.8) is 0 Å². The molecule has 304 valence electrons. The number of halogens is 2. The molecule has 0 bridgehead atoms. The van der Waals surface area contributed by atoms with Crippen molar-refractivity contribution in [2.24, 2.45) is 0 Å². The van der Waals surface area contributed by atoms with Crippen molar-refractivity contribution in [3.8, 4) is 0 Å². The van der Waals surface area contributed by atoms with Crippen LogP contribution in [0.25, 0.3) is 0 Å². The van der Waals surface area contributed by atoms with E-state index in [0.717, 1.165) is 18.7 Å². The number of rotatable bonds is 12. The normalized spacial score (nSPS) is 12.9. The lowest BCUT2D eigenvalue weighted by Gasteiger charge is -2.14. The van der Waals surface area contributed by atoms with Crippen LogP contribution in [-0.2, 0) is 9.47 Å². The Kier molecular flexibility index (Phi) is 11.2. The summed E-state index contributed by atoms with van der Waals surface area (Å²) in [7, 11) is 0. The number of amides is 4. The number of carbonyl (C=O) groups excluding carboxylic acids is 9. The van der Waals surface area contributed by atoms with Crippen molar-refractivity contribution < 1.29 is 52.6 Å². The quantitative estimate of drug-likeness (QED) is 0.0657. The summed E-state index contributed by atoms with van der Waals surface area (Å²) in [6.45, 7) is -0.978. The molecule has 0 saturated heterocycles. The molecule has 0 radical (unpaired) electrons. The molecule has 0 atom stereocenters. The number of nitrogens with zero attached hydrogens (tertiary/aromatic N) is 2. The molecule has 2 heterocycles. The highest BCUT2D eigenvalue weighted by Crippen LogP contribution is 2.33. The van der Waals surface area contributed by atoms with Crippen molar-refractivity contribution in [2.75, 3.05) is 23.0 Å². The first-order valence-corrected chi connectivity index (χ1v) is 20.1. The Bertz CT molecular complexity index is 2730. The van der Waals surface area contributed by atoms with E-state index in [-0.39, 0.29) is 55.9 Å². The van der Waals surface area contributed by atoms with Gasteiger partial charge in [-0.15, -0.1) is 0 Å². The first-order chi connectivity index (χ1) is 29.8. The third-order valence-corrected chi connectivity index (χ3v) is 11.1. The van der Waals surface area contributed by atoms with Gasteiger partial charge in [0.05, 0.1) is 44.8 Å². The number of imide groups is 2. The fourth-order valence-electron chi connectivity index (χ4n) is 6.76. The Labute approximate surface area is 368 Å². The highest BCUT2D eigenvalue weighted by Gasteiger charge is 2.39. The predicted octanol–water partition coefficient (Wildman–Crippen LogP) is 8.12. The van der Waals surface area contributed by atoms with Crippen LogP contribution in [0.4, 0.5) is 11.4 Å². The molecular formula is C47H26Br2N2O11. The zero-order chi connectivity index (χ0) is 43.8. The molecular weight excluding hydrogens is 928 g/mol. The van der Waals surface area contributed by atoms with Crippen LogP contribution in [0.5, 0.6) is 0 Å². The lowest BCUT2D eigenvalue weighted by Crippen LogP contribution is -2.29. The topological polar surface area (TPSA) is 179 Å². The maximum absolute atomic E-state index is 13.8. The van der Waals surface area contributed by atoms with Gasteiger partial charge in [0.25, 0.3) is 23.6 Å². The number of hydrogen-bond donors (Lipinski definition) is 0. The largest absolute Gasteiger partial charge is 0.454 e. The lowest BCUT2D eigenvalue weighted by atomic mass is 9.96. The van der Waals surface area contributed by atoms with Gasteiger partial charge in [-0.1, -0.05) is 68.3 Å². The molecule has 0 N–H and O–H groups in total. The van der Waals surface area contributed by atoms with E-state index in [4.69, 9.17) is 9.47 Å². The van der Waals surface area contributed by atoms with Crippen LogP contribution >= 0.6 is 31.9 Å². The number of esters is 2. The average Bonchev–Trinajstić information content (AvgIpc) is 3.69. The van der Waals surface area contributed by atoms with Crippen LogP contribution in [0, 0.1) is 0 Å². The molecule has 0 spiro atoms. The summed E-state index contributed by atoms with van der Waals surface area (Å²) in [6.07, 6.45) is 0. The molecule has 4 amide bonds. The number of fused-ring (bicyclic) bond motifs is 2. The van der Waals surface area contributed by atoms with Gasteiger partial charge in [-0.25, -0.2) is 19.4 Å². The second-order valence-corrected chi connectivity index (χ2v) is 15.7. The first kappa shape index (κ1) is 41.3. The van der Waals surface area contributed by atoms with Gasteiger partial charge in [0, 0.05) is 31.2 Å². The molecule has 6 aromatic rings. The molecule has 62 heavy (non-hydrogen) atoms. The third kappa shape index (κ3) is 7.93. The minimum atomic E-state index is -0.782. The summed E-state index contributed by atoms with van der Waals surface area (Å²) in [5.74, 6) is -5.69. The van der Waals surface area contributed by atoms with Crippen LogP contribution in [0.1, 0.15) is 98.8 Å². The van der Waals surface area contributed by atoms with Crippen LogP contribution in [0.15, 0.2) is 142 Å². The Morgan fingerprint density at radius 2 is 0.694 bits per heavy atom. The Morgan fingerprint density at radius 1 is 0.387 bits per heavy atom. The van der Waals surface area contributed by atoms with E-state index < -0.39 is 66.1 Å². The molecule has 0 unspecified atom stereocenters. The summed E-state index contributed by atoms with van der Waals surface area (Å²) in [4.78, 5) is 120. The van der Waals surface area contributed by atoms with Crippen LogP contribution in [0.2, 0.25) is 0 Å². The predicted molar refractivity (Wildman–Crippen MR) is 229 cm³/mol. The maximum atomic E-state index is 13.8. The van der Waals surface area contributed by atoms with Gasteiger partial charge in [0.2, 0.25) is 0 Å². The van der Waals surface area contributed by atoms with Crippen LogP contribution in [0.3, 0.4) is 0 Å². The highest BCUT2D eigenvalue weighted by molar-refractivity contribution is 9.10. The zero-order valence-corrected chi connectivity index (χ0v) is 34.9. The summed E-state index contributed by atoms with van der Waals surface area (Å²) in [5.41, 5.74) is 1.27. The molecule has 0 aliphatic carbocycles. The Morgan fingerprint density at radius 3 is 1.05 bits per heavy atom. The van der Waals surface area contributed by atoms with E-state index in [1.165, 1.54) is 84.9 Å². The zero-order valence-electron chi connectivity index (χ0n) is 31.8. The van der Waals surface area contributed by atoms with Gasteiger partial charge < -0.3 is 9.47 Å². The van der Waals surface area contributed by atoms with E-state index in [1.54, 1.807) is 48.5 Å². The standard InChI is InChI=1S/C47H26Br2N2O11/c48-31-11-1-25(2-12-31)39(52)23-61-46(59)27-5-15-33(16-6-27)50-42(55)35-19-9-29(21-37(35)44(50)57)41(54)30-10-20-36-38(22-30)45(58)51(43(36)56)34-17-7-28(8-18-34)47(60)62-24-40(53)26-3-13-32(49)14-4-26/h1-22H,23-24H2. The molecule has 0 fully saturated rings. The van der Waals surface area contributed by atoms with Crippen molar-refractivity contribution in [1.29, 1.82) is 0 Å². The summed E-state index contributed by atoms with van der Waals surface area (Å²) in [6, 6.07) is 32.1. The molecule has 6 aromatic carbocycles. The number of carbonyl (C=O) groups is 9. The molecule has 8 rings (SSSR count). The molecule has 2 aliphatic rings.